The quantitative estimate of drug-likeness (QED) is 0.152. The number of hydrogen-bond donors (Lipinski definition) is 0. The van der Waals surface area contributed by atoms with E-state index in [1.807, 2.05) is 127 Å². The Morgan fingerprint density at radius 2 is 0.823 bits per heavy atom. The largest absolute Gasteiger partial charge is 0.309 e. The van der Waals surface area contributed by atoms with Crippen LogP contribution in [-0.2, 0) is 0 Å². The minimum absolute atomic E-state index is 0.0899. The summed E-state index contributed by atoms with van der Waals surface area (Å²) in [5, 5.41) is 2.19. The van der Waals surface area contributed by atoms with E-state index in [0.717, 1.165) is 72.0 Å². The van der Waals surface area contributed by atoms with Crippen molar-refractivity contribution in [3.8, 4) is 67.0 Å². The molecule has 0 fully saturated rings. The molecule has 0 saturated heterocycles. The molecule has 0 atom stereocenters. The first kappa shape index (κ1) is 29.1. The molecule has 2 heterocycles. The molecule has 0 N–H and O–H groups in total. The molecular weight excluding hydrogens is 749 g/mol. The molecule has 0 bridgehead atoms. The zero-order valence-electron chi connectivity index (χ0n) is 40.4. The molecule has 290 valence electrons. The number of fused-ring (bicyclic) bond motifs is 6. The van der Waals surface area contributed by atoms with Gasteiger partial charge in [0.05, 0.1) is 37.3 Å². The minimum Gasteiger partial charge on any atom is -0.309 e. The summed E-state index contributed by atoms with van der Waals surface area (Å²) in [6, 6.07) is 65.2. The van der Waals surface area contributed by atoms with Crippen LogP contribution in [0.4, 0.5) is 0 Å². The van der Waals surface area contributed by atoms with E-state index >= 15 is 0 Å². The van der Waals surface area contributed by atoms with E-state index < -0.39 is 12.1 Å². The van der Waals surface area contributed by atoms with Gasteiger partial charge >= 0.3 is 0 Å². The Balaban J connectivity index is 1.12. The average Bonchev–Trinajstić information content (AvgIpc) is 3.94. The standard InChI is InChI=1S/C60H40N2/c1-5-15-41(16-6-1)44-25-31-50(32-26-44)61-58-35-29-47(39-55(58)52-33-27-49(40-60(52)61)43-19-9-3-10-20-43)48-30-36-59-54(38-48)51-23-13-14-24-56(51)62(59)57-34-28-46(42-17-7-2-8-18-42)37-53(57)45-21-11-4-12-22-45/h1-40H/i13D,14D,23D,24D,30D,36D,38D. The fourth-order valence-electron chi connectivity index (χ4n) is 8.99. The molecule has 0 unspecified atom stereocenters. The van der Waals surface area contributed by atoms with Crippen LogP contribution in [0.1, 0.15) is 9.60 Å². The smallest absolute Gasteiger partial charge is 0.0645 e. The summed E-state index contributed by atoms with van der Waals surface area (Å²) in [5.41, 5.74) is 12.4. The molecule has 0 amide bonds. The van der Waals surface area contributed by atoms with Crippen molar-refractivity contribution in [3.05, 3.63) is 242 Å². The van der Waals surface area contributed by atoms with Crippen molar-refractivity contribution in [2.75, 3.05) is 0 Å². The van der Waals surface area contributed by atoms with Gasteiger partial charge in [-0.1, -0.05) is 182 Å². The Morgan fingerprint density at radius 1 is 0.290 bits per heavy atom. The second kappa shape index (κ2) is 14.8. The summed E-state index contributed by atoms with van der Waals surface area (Å²) < 4.78 is 70.2. The van der Waals surface area contributed by atoms with Crippen molar-refractivity contribution in [3.63, 3.8) is 0 Å². The summed E-state index contributed by atoms with van der Waals surface area (Å²) in [7, 11) is 0. The van der Waals surface area contributed by atoms with Crippen LogP contribution in [0, 0.1) is 0 Å². The van der Waals surface area contributed by atoms with E-state index in [2.05, 4.69) is 77.4 Å². The number of nitrogens with zero attached hydrogens (tertiary/aromatic N) is 2. The molecule has 62 heavy (non-hydrogen) atoms. The third kappa shape index (κ3) is 6.04. The molecule has 0 spiro atoms. The number of hydrogen-bond acceptors (Lipinski definition) is 0. The topological polar surface area (TPSA) is 9.86 Å². The second-order valence-electron chi connectivity index (χ2n) is 15.6. The maximum Gasteiger partial charge on any atom is 0.0645 e. The lowest BCUT2D eigenvalue weighted by Crippen LogP contribution is -1.98. The first-order chi connectivity index (χ1) is 33.7. The van der Waals surface area contributed by atoms with Gasteiger partial charge in [-0.3, -0.25) is 0 Å². The van der Waals surface area contributed by atoms with Crippen molar-refractivity contribution in [2.24, 2.45) is 0 Å². The van der Waals surface area contributed by atoms with Crippen molar-refractivity contribution in [1.82, 2.24) is 9.13 Å². The summed E-state index contributed by atoms with van der Waals surface area (Å²) in [6.45, 7) is 0. The van der Waals surface area contributed by atoms with Crippen LogP contribution >= 0.6 is 0 Å². The normalized spacial score (nSPS) is 13.1. The van der Waals surface area contributed by atoms with Gasteiger partial charge in [-0.05, 0) is 111 Å². The van der Waals surface area contributed by atoms with E-state index in [-0.39, 0.29) is 57.6 Å². The van der Waals surface area contributed by atoms with Gasteiger partial charge in [-0.15, -0.1) is 0 Å². The lowest BCUT2D eigenvalue weighted by Gasteiger charge is -2.16. The lowest BCUT2D eigenvalue weighted by atomic mass is 9.97. The lowest BCUT2D eigenvalue weighted by molar-refractivity contribution is 1.18. The van der Waals surface area contributed by atoms with Gasteiger partial charge in [0, 0.05) is 32.8 Å². The second-order valence-corrected chi connectivity index (χ2v) is 15.6. The number of aromatic nitrogens is 2. The van der Waals surface area contributed by atoms with Crippen LogP contribution in [0.3, 0.4) is 0 Å². The van der Waals surface area contributed by atoms with Crippen LogP contribution in [-0.4, -0.2) is 9.13 Å². The molecule has 0 aliphatic heterocycles. The highest BCUT2D eigenvalue weighted by molar-refractivity contribution is 6.13. The number of para-hydroxylation sites is 1. The molecule has 2 aromatic heterocycles. The third-order valence-electron chi connectivity index (χ3n) is 12.0. The van der Waals surface area contributed by atoms with Gasteiger partial charge in [-0.25, -0.2) is 0 Å². The molecule has 0 aliphatic carbocycles. The van der Waals surface area contributed by atoms with Gasteiger partial charge in [0.25, 0.3) is 0 Å². The van der Waals surface area contributed by atoms with Crippen LogP contribution in [0.5, 0.6) is 0 Å². The fraction of sp³-hybridized carbons (Fsp3) is 0. The summed E-state index contributed by atoms with van der Waals surface area (Å²) >= 11 is 0. The fourth-order valence-corrected chi connectivity index (χ4v) is 8.99. The van der Waals surface area contributed by atoms with Crippen molar-refractivity contribution in [1.29, 1.82) is 0 Å². The molecule has 0 saturated carbocycles. The van der Waals surface area contributed by atoms with E-state index in [1.165, 1.54) is 0 Å². The van der Waals surface area contributed by atoms with E-state index in [4.69, 9.17) is 2.74 Å². The molecule has 10 aromatic carbocycles. The molecule has 12 rings (SSSR count). The highest BCUT2D eigenvalue weighted by Crippen LogP contribution is 2.41. The zero-order valence-corrected chi connectivity index (χ0v) is 33.4. The number of benzene rings is 10. The van der Waals surface area contributed by atoms with Crippen LogP contribution in [0.2, 0.25) is 0 Å². The maximum absolute atomic E-state index is 10.1. The van der Waals surface area contributed by atoms with Gasteiger partial charge in [0.1, 0.15) is 0 Å². The Labute approximate surface area is 370 Å². The predicted octanol–water partition coefficient (Wildman–Crippen LogP) is 16.2. The molecular formula is C60H40N2. The molecule has 2 heteroatoms. The Hall–Kier alpha value is -8.20. The minimum atomic E-state index is -0.433. The van der Waals surface area contributed by atoms with Crippen molar-refractivity contribution < 1.29 is 9.60 Å². The molecule has 0 radical (unpaired) electrons. The molecule has 2 nitrogen and oxygen atoms in total. The van der Waals surface area contributed by atoms with Crippen LogP contribution in [0.15, 0.2) is 242 Å². The van der Waals surface area contributed by atoms with Gasteiger partial charge in [-0.2, -0.15) is 0 Å². The van der Waals surface area contributed by atoms with Crippen LogP contribution < -0.4 is 0 Å². The Kier molecular flexibility index (Phi) is 6.95. The summed E-state index contributed by atoms with van der Waals surface area (Å²) in [5.74, 6) is 0. The highest BCUT2D eigenvalue weighted by atomic mass is 15.0. The Bertz CT molecular complexity index is 4000. The third-order valence-corrected chi connectivity index (χ3v) is 12.0. The SMILES string of the molecule is [2H]c1c([2H])c([2H])c2c(c1[2H])c1c([2H])c(-c3ccc4c(c3)c3ccc(-c5ccccc5)cc3n4-c3ccc(-c4ccccc4)cc3)c([2H])c([2H])c1n2-c1ccc(-c2ccccc2)cc1-c1ccccc1. The maximum atomic E-state index is 10.1. The summed E-state index contributed by atoms with van der Waals surface area (Å²) in [4.78, 5) is 0. The predicted molar refractivity (Wildman–Crippen MR) is 262 cm³/mol. The summed E-state index contributed by atoms with van der Waals surface area (Å²) in [6.07, 6.45) is 0. The first-order valence-corrected chi connectivity index (χ1v) is 20.8. The van der Waals surface area contributed by atoms with Gasteiger partial charge in [0.15, 0.2) is 0 Å². The van der Waals surface area contributed by atoms with Crippen molar-refractivity contribution in [2.45, 2.75) is 0 Å². The first-order valence-electron chi connectivity index (χ1n) is 24.3. The van der Waals surface area contributed by atoms with Gasteiger partial charge < -0.3 is 9.13 Å². The van der Waals surface area contributed by atoms with E-state index in [0.29, 0.717) is 11.3 Å². The monoisotopic (exact) mass is 795 g/mol. The van der Waals surface area contributed by atoms with Gasteiger partial charge in [0.2, 0.25) is 0 Å². The van der Waals surface area contributed by atoms with E-state index in [1.54, 1.807) is 4.57 Å². The average molecular weight is 796 g/mol. The Morgan fingerprint density at radius 3 is 1.52 bits per heavy atom. The van der Waals surface area contributed by atoms with E-state index in [9.17, 15) is 6.85 Å². The highest BCUT2D eigenvalue weighted by Gasteiger charge is 2.19. The number of rotatable bonds is 7. The van der Waals surface area contributed by atoms with Crippen molar-refractivity contribution >= 4 is 43.6 Å². The zero-order chi connectivity index (χ0) is 47.1. The van der Waals surface area contributed by atoms with Crippen LogP contribution in [0.25, 0.3) is 111 Å². The molecule has 0 aliphatic rings. The molecule has 12 aromatic rings.